The number of hydrogen-bond donors (Lipinski definition) is 0. The highest BCUT2D eigenvalue weighted by Gasteiger charge is 2.41. The second kappa shape index (κ2) is 14.8. The topological polar surface area (TPSA) is 16.4 Å². The average molecular weight is 760 g/mol. The van der Waals surface area contributed by atoms with Gasteiger partial charge in [-0.2, -0.15) is 0 Å². The summed E-state index contributed by atoms with van der Waals surface area (Å²) in [6, 6.07) is 53.0. The van der Waals surface area contributed by atoms with E-state index < -0.39 is 0 Å². The third kappa shape index (κ3) is 6.10. The lowest BCUT2D eigenvalue weighted by Crippen LogP contribution is -2.35. The molecule has 1 heterocycles. The molecule has 0 N–H and O–H groups in total. The van der Waals surface area contributed by atoms with Crippen LogP contribution in [-0.2, 0) is 0 Å². The Morgan fingerprint density at radius 3 is 1.97 bits per heavy atom. The second-order valence-corrected chi connectivity index (χ2v) is 16.3. The molecule has 0 saturated carbocycles. The van der Waals surface area contributed by atoms with Gasteiger partial charge in [0.15, 0.2) is 0 Å². The molecule has 7 aromatic rings. The molecule has 0 bridgehead atoms. The molecular weight excluding hydrogens is 715 g/mol. The molecular formula is C57H45NO. The van der Waals surface area contributed by atoms with E-state index in [-0.39, 0.29) is 29.7 Å². The van der Waals surface area contributed by atoms with Crippen LogP contribution in [0.15, 0.2) is 222 Å². The first-order valence-corrected chi connectivity index (χ1v) is 21.0. The number of rotatable bonds is 7. The lowest BCUT2D eigenvalue weighted by molar-refractivity contribution is 0.451. The number of nitrogens with zero attached hydrogens (tertiary/aromatic N) is 1. The summed E-state index contributed by atoms with van der Waals surface area (Å²) in [7, 11) is 0. The zero-order chi connectivity index (χ0) is 39.3. The maximum Gasteiger partial charge on any atom is 0.137 e. The third-order valence-electron chi connectivity index (χ3n) is 13.0. The minimum atomic E-state index is -0.0158. The highest BCUT2D eigenvalue weighted by molar-refractivity contribution is 6.05. The number of fused-ring (bicyclic) bond motifs is 6. The summed E-state index contributed by atoms with van der Waals surface area (Å²) in [6.45, 7) is 2.38. The maximum atomic E-state index is 7.09. The molecule has 4 aliphatic carbocycles. The Morgan fingerprint density at radius 2 is 1.15 bits per heavy atom. The summed E-state index contributed by atoms with van der Waals surface area (Å²) in [5, 5.41) is 3.61. The van der Waals surface area contributed by atoms with E-state index in [0.29, 0.717) is 5.92 Å². The van der Waals surface area contributed by atoms with E-state index in [0.717, 1.165) is 17.0 Å². The summed E-state index contributed by atoms with van der Waals surface area (Å²) in [4.78, 5) is 2.60. The van der Waals surface area contributed by atoms with Crippen LogP contribution in [0.5, 0.6) is 0 Å². The van der Waals surface area contributed by atoms with Crippen molar-refractivity contribution in [3.05, 3.63) is 240 Å². The monoisotopic (exact) mass is 759 g/mol. The second-order valence-electron chi connectivity index (χ2n) is 16.3. The lowest BCUT2D eigenvalue weighted by Gasteiger charge is -2.39. The standard InChI is InChI=1S/C57H45NO/c1-38-17-14-28-46(42-20-6-3-7-21-42)55(38)49-37-50-56-53(31-16-32-54(56)59-57(50)48-27-11-10-26-47(48)49)58(52-30-15-23-41-22-8-9-24-44(41)52)51-29-13-12-25-45(51)43-35-33-40(34-36-43)39-18-4-2-5-19-39/h2-38,45,47-48,51,55H,1H3. The zero-order valence-corrected chi connectivity index (χ0v) is 33.1. The van der Waals surface area contributed by atoms with Crippen LogP contribution in [-0.4, -0.2) is 6.04 Å². The van der Waals surface area contributed by atoms with Gasteiger partial charge in [-0.3, -0.25) is 0 Å². The van der Waals surface area contributed by atoms with Gasteiger partial charge in [0.25, 0.3) is 0 Å². The van der Waals surface area contributed by atoms with Crippen molar-refractivity contribution in [2.75, 3.05) is 4.90 Å². The molecule has 6 aromatic carbocycles. The number of hydrogen-bond acceptors (Lipinski definition) is 2. The van der Waals surface area contributed by atoms with Gasteiger partial charge in [0.1, 0.15) is 11.3 Å². The molecule has 2 nitrogen and oxygen atoms in total. The fourth-order valence-electron chi connectivity index (χ4n) is 10.3. The molecule has 1 aromatic heterocycles. The van der Waals surface area contributed by atoms with E-state index in [4.69, 9.17) is 4.42 Å². The Kier molecular flexibility index (Phi) is 8.85. The zero-order valence-electron chi connectivity index (χ0n) is 33.1. The number of allylic oxidation sites excluding steroid dienone is 11. The summed E-state index contributed by atoms with van der Waals surface area (Å²) < 4.78 is 7.09. The molecule has 0 spiro atoms. The normalized spacial score (nSPS) is 22.9. The summed E-state index contributed by atoms with van der Waals surface area (Å²) in [5.41, 5.74) is 12.3. The highest BCUT2D eigenvalue weighted by Crippen LogP contribution is 2.54. The van der Waals surface area contributed by atoms with Crippen LogP contribution in [0.2, 0.25) is 0 Å². The molecule has 2 heteroatoms. The van der Waals surface area contributed by atoms with Crippen molar-refractivity contribution in [3.63, 3.8) is 0 Å². The van der Waals surface area contributed by atoms with Gasteiger partial charge in [0, 0.05) is 40.3 Å². The van der Waals surface area contributed by atoms with Crippen LogP contribution < -0.4 is 4.90 Å². The van der Waals surface area contributed by atoms with Gasteiger partial charge < -0.3 is 9.32 Å². The van der Waals surface area contributed by atoms with E-state index in [2.05, 4.69) is 230 Å². The Balaban J connectivity index is 1.12. The van der Waals surface area contributed by atoms with Crippen LogP contribution in [0, 0.1) is 17.8 Å². The molecule has 4 aliphatic rings. The first kappa shape index (κ1) is 35.3. The number of benzene rings is 6. The average Bonchev–Trinajstić information content (AvgIpc) is 3.69. The minimum Gasteiger partial charge on any atom is -0.460 e. The largest absolute Gasteiger partial charge is 0.460 e. The Hall–Kier alpha value is -6.90. The van der Waals surface area contributed by atoms with E-state index in [1.54, 1.807) is 0 Å². The summed E-state index contributed by atoms with van der Waals surface area (Å²) in [5.74, 6) is 2.01. The van der Waals surface area contributed by atoms with Gasteiger partial charge in [-0.15, -0.1) is 0 Å². The highest BCUT2D eigenvalue weighted by atomic mass is 16.3. The smallest absolute Gasteiger partial charge is 0.137 e. The number of anilines is 2. The van der Waals surface area contributed by atoms with Crippen molar-refractivity contribution in [1.29, 1.82) is 0 Å². The maximum absolute atomic E-state index is 7.09. The number of furan rings is 1. The quantitative estimate of drug-likeness (QED) is 0.161. The predicted molar refractivity (Wildman–Crippen MR) is 248 cm³/mol. The van der Waals surface area contributed by atoms with E-state index >= 15 is 0 Å². The van der Waals surface area contributed by atoms with Crippen LogP contribution in [0.1, 0.15) is 41.2 Å². The van der Waals surface area contributed by atoms with Gasteiger partial charge in [-0.25, -0.2) is 0 Å². The third-order valence-corrected chi connectivity index (χ3v) is 13.0. The minimum absolute atomic E-state index is 0.0158. The van der Waals surface area contributed by atoms with Crippen molar-refractivity contribution < 1.29 is 4.42 Å². The molecule has 6 atom stereocenters. The van der Waals surface area contributed by atoms with Crippen molar-refractivity contribution in [1.82, 2.24) is 0 Å². The Bertz CT molecular complexity index is 2910. The molecule has 0 aliphatic heterocycles. The SMILES string of the molecule is CC1C=CC=C(c2ccccc2)C1C1=Cc2c(oc3cccc(N(c4cccc5ccccc45)C4C=CC=CC4c4ccc(-c5ccccc5)cc4)c23)C2C=CC=CC12. The van der Waals surface area contributed by atoms with Gasteiger partial charge in [0.2, 0.25) is 0 Å². The van der Waals surface area contributed by atoms with E-state index in [1.807, 2.05) is 0 Å². The summed E-state index contributed by atoms with van der Waals surface area (Å²) in [6.07, 6.45) is 27.9. The van der Waals surface area contributed by atoms with Crippen LogP contribution >= 0.6 is 0 Å². The molecule has 0 saturated heterocycles. The van der Waals surface area contributed by atoms with Gasteiger partial charge >= 0.3 is 0 Å². The van der Waals surface area contributed by atoms with Crippen LogP contribution in [0.25, 0.3) is 44.5 Å². The Morgan fingerprint density at radius 1 is 0.508 bits per heavy atom. The fourth-order valence-corrected chi connectivity index (χ4v) is 10.3. The molecule has 59 heavy (non-hydrogen) atoms. The Labute approximate surface area is 346 Å². The predicted octanol–water partition coefficient (Wildman–Crippen LogP) is 14.8. The van der Waals surface area contributed by atoms with Gasteiger partial charge in [-0.1, -0.05) is 213 Å². The molecule has 11 rings (SSSR count). The summed E-state index contributed by atoms with van der Waals surface area (Å²) >= 11 is 0. The van der Waals surface area contributed by atoms with Crippen molar-refractivity contribution in [2.24, 2.45) is 17.8 Å². The van der Waals surface area contributed by atoms with Gasteiger partial charge in [-0.05, 0) is 57.3 Å². The van der Waals surface area contributed by atoms with Crippen LogP contribution in [0.4, 0.5) is 11.4 Å². The van der Waals surface area contributed by atoms with E-state index in [9.17, 15) is 0 Å². The lowest BCUT2D eigenvalue weighted by atomic mass is 9.65. The molecule has 0 fully saturated rings. The van der Waals surface area contributed by atoms with E-state index in [1.165, 1.54) is 60.8 Å². The van der Waals surface area contributed by atoms with Crippen LogP contribution in [0.3, 0.4) is 0 Å². The molecule has 0 radical (unpaired) electrons. The van der Waals surface area contributed by atoms with Crippen molar-refractivity contribution in [3.8, 4) is 11.1 Å². The van der Waals surface area contributed by atoms with Crippen molar-refractivity contribution in [2.45, 2.75) is 24.8 Å². The van der Waals surface area contributed by atoms with Crippen molar-refractivity contribution >= 4 is 44.8 Å². The first-order valence-electron chi connectivity index (χ1n) is 21.0. The first-order chi connectivity index (χ1) is 29.2. The fraction of sp³-hybridized carbons (Fsp3) is 0.123. The molecule has 6 unspecified atom stereocenters. The molecule has 284 valence electrons. The van der Waals surface area contributed by atoms with Gasteiger partial charge in [0.05, 0.1) is 17.1 Å². The molecule has 0 amide bonds.